The molecule has 1 heterocycles. The van der Waals surface area contributed by atoms with Gasteiger partial charge in [0.15, 0.2) is 0 Å². The van der Waals surface area contributed by atoms with Crippen LogP contribution in [0.25, 0.3) is 0 Å². The Morgan fingerprint density at radius 2 is 2.12 bits per heavy atom. The predicted molar refractivity (Wildman–Crippen MR) is 67.6 cm³/mol. The van der Waals surface area contributed by atoms with E-state index in [9.17, 15) is 9.59 Å². The Labute approximate surface area is 107 Å². The van der Waals surface area contributed by atoms with Gasteiger partial charge in [0.05, 0.1) is 0 Å². The summed E-state index contributed by atoms with van der Waals surface area (Å²) in [6.07, 6.45) is 2.86. The molecule has 1 saturated heterocycles. The summed E-state index contributed by atoms with van der Waals surface area (Å²) >= 11 is 5.49. The molecule has 0 radical (unpaired) electrons. The lowest BCUT2D eigenvalue weighted by molar-refractivity contribution is -0.155. The molecule has 2 atom stereocenters. The van der Waals surface area contributed by atoms with Gasteiger partial charge in [0.1, 0.15) is 11.6 Å². The maximum absolute atomic E-state index is 12.2. The van der Waals surface area contributed by atoms with Gasteiger partial charge in [-0.15, -0.1) is 0 Å². The van der Waals surface area contributed by atoms with Crippen LogP contribution in [0.2, 0.25) is 0 Å². The number of nitrogens with zero attached hydrogens (tertiary/aromatic N) is 1. The molecule has 1 aliphatic heterocycles. The molecule has 0 spiro atoms. The Morgan fingerprint density at radius 1 is 1.47 bits per heavy atom. The molecule has 0 saturated carbocycles. The van der Waals surface area contributed by atoms with E-state index in [-0.39, 0.29) is 11.8 Å². The molecule has 1 fully saturated rings. The number of hydrogen-bond acceptors (Lipinski definition) is 2. The van der Waals surface area contributed by atoms with Crippen molar-refractivity contribution in [2.24, 2.45) is 0 Å². The van der Waals surface area contributed by atoms with Crippen molar-refractivity contribution in [3.8, 4) is 0 Å². The Morgan fingerprint density at radius 3 is 2.59 bits per heavy atom. The Bertz CT molecular complexity index is 343. The minimum Gasteiger partial charge on any atom is -0.342 e. The first-order valence-corrected chi connectivity index (χ1v) is 6.32. The van der Waals surface area contributed by atoms with Gasteiger partial charge in [-0.3, -0.25) is 9.59 Å². The number of carbonyl (C=O) groups excluding carboxylic acids is 2. The van der Waals surface area contributed by atoms with Gasteiger partial charge in [0, 0.05) is 12.1 Å². The van der Waals surface area contributed by atoms with Crippen LogP contribution in [0.5, 0.6) is 0 Å². The van der Waals surface area contributed by atoms with Crippen LogP contribution in [-0.2, 0) is 9.59 Å². The number of amides is 2. The lowest BCUT2D eigenvalue weighted by Crippen LogP contribution is -2.69. The maximum Gasteiger partial charge on any atom is 0.246 e. The van der Waals surface area contributed by atoms with Gasteiger partial charge < -0.3 is 10.2 Å². The minimum atomic E-state index is -0.779. The number of piperazine rings is 1. The second-order valence-corrected chi connectivity index (χ2v) is 4.62. The first-order chi connectivity index (χ1) is 8.01. The summed E-state index contributed by atoms with van der Waals surface area (Å²) in [5.74, 6) is -0.124. The Kier molecular flexibility index (Phi) is 4.57. The average Bonchev–Trinajstić information content (AvgIpc) is 2.33. The van der Waals surface area contributed by atoms with Crippen molar-refractivity contribution in [3.05, 3.63) is 11.6 Å². The van der Waals surface area contributed by atoms with E-state index in [4.69, 9.17) is 11.6 Å². The molecule has 1 rings (SSSR count). The fraction of sp³-hybridized carbons (Fsp3) is 0.667. The highest BCUT2D eigenvalue weighted by molar-refractivity contribution is 6.25. The molecule has 0 aromatic heterocycles. The molecule has 1 aliphatic rings. The highest BCUT2D eigenvalue weighted by atomic mass is 35.5. The zero-order chi connectivity index (χ0) is 13.1. The van der Waals surface area contributed by atoms with E-state index < -0.39 is 11.6 Å². The van der Waals surface area contributed by atoms with Gasteiger partial charge >= 0.3 is 0 Å². The largest absolute Gasteiger partial charge is 0.342 e. The van der Waals surface area contributed by atoms with E-state index in [0.717, 1.165) is 0 Å². The van der Waals surface area contributed by atoms with Crippen LogP contribution in [0.15, 0.2) is 11.6 Å². The van der Waals surface area contributed by atoms with Crippen molar-refractivity contribution < 1.29 is 9.59 Å². The van der Waals surface area contributed by atoms with E-state index >= 15 is 0 Å². The molecule has 17 heavy (non-hydrogen) atoms. The zero-order valence-electron chi connectivity index (χ0n) is 10.5. The van der Waals surface area contributed by atoms with Crippen LogP contribution in [0.1, 0.15) is 33.6 Å². The molecular weight excluding hydrogens is 240 g/mol. The van der Waals surface area contributed by atoms with E-state index in [1.165, 1.54) is 5.54 Å². The fourth-order valence-corrected chi connectivity index (χ4v) is 2.07. The van der Waals surface area contributed by atoms with E-state index in [0.29, 0.717) is 19.4 Å². The number of halogens is 1. The molecule has 96 valence electrons. The van der Waals surface area contributed by atoms with Crippen molar-refractivity contribution >= 4 is 23.4 Å². The highest BCUT2D eigenvalue weighted by Crippen LogP contribution is 2.25. The SMILES string of the molecule is CCC1NC(=O)C(C)(CC)N(C/C=C/Cl)C1=O. The summed E-state index contributed by atoms with van der Waals surface area (Å²) in [6.45, 7) is 5.94. The number of carbonyl (C=O) groups is 2. The van der Waals surface area contributed by atoms with Crippen LogP contribution in [0, 0.1) is 0 Å². The van der Waals surface area contributed by atoms with E-state index in [2.05, 4.69) is 5.32 Å². The van der Waals surface area contributed by atoms with Crippen molar-refractivity contribution in [3.63, 3.8) is 0 Å². The van der Waals surface area contributed by atoms with Crippen LogP contribution < -0.4 is 5.32 Å². The number of nitrogens with one attached hydrogen (secondary N) is 1. The van der Waals surface area contributed by atoms with Crippen molar-refractivity contribution in [1.82, 2.24) is 10.2 Å². The van der Waals surface area contributed by atoms with Crippen molar-refractivity contribution in [2.75, 3.05) is 6.54 Å². The molecule has 0 bridgehead atoms. The van der Waals surface area contributed by atoms with Crippen LogP contribution in [0.4, 0.5) is 0 Å². The summed E-state index contributed by atoms with van der Waals surface area (Å²) in [4.78, 5) is 25.9. The molecule has 4 nitrogen and oxygen atoms in total. The second kappa shape index (κ2) is 5.54. The van der Waals surface area contributed by atoms with Gasteiger partial charge in [0.2, 0.25) is 11.8 Å². The number of rotatable bonds is 4. The Hall–Kier alpha value is -1.03. The first kappa shape index (κ1) is 14.0. The molecule has 1 N–H and O–H groups in total. The molecule has 5 heteroatoms. The topological polar surface area (TPSA) is 49.4 Å². The summed E-state index contributed by atoms with van der Waals surface area (Å²) < 4.78 is 0. The minimum absolute atomic E-state index is 0.0359. The second-order valence-electron chi connectivity index (χ2n) is 4.37. The predicted octanol–water partition coefficient (Wildman–Crippen LogP) is 1.64. The lowest BCUT2D eigenvalue weighted by Gasteiger charge is -2.45. The van der Waals surface area contributed by atoms with Crippen LogP contribution >= 0.6 is 11.6 Å². The van der Waals surface area contributed by atoms with Gasteiger partial charge in [-0.2, -0.15) is 0 Å². The molecule has 0 aromatic carbocycles. The highest BCUT2D eigenvalue weighted by Gasteiger charge is 2.47. The van der Waals surface area contributed by atoms with Crippen LogP contribution in [0.3, 0.4) is 0 Å². The van der Waals surface area contributed by atoms with Gasteiger partial charge in [-0.05, 0) is 19.8 Å². The monoisotopic (exact) mass is 258 g/mol. The normalized spacial score (nSPS) is 29.9. The third-order valence-electron chi connectivity index (χ3n) is 3.43. The fourth-order valence-electron chi connectivity index (χ4n) is 1.99. The summed E-state index contributed by atoms with van der Waals surface area (Å²) in [5.41, 5.74) is 0.593. The van der Waals surface area contributed by atoms with E-state index in [1.54, 1.807) is 17.9 Å². The molecular formula is C12H19ClN2O2. The van der Waals surface area contributed by atoms with Crippen LogP contribution in [-0.4, -0.2) is 34.8 Å². The van der Waals surface area contributed by atoms with Gasteiger partial charge in [-0.25, -0.2) is 0 Å². The smallest absolute Gasteiger partial charge is 0.246 e. The van der Waals surface area contributed by atoms with Gasteiger partial charge in [-0.1, -0.05) is 31.5 Å². The molecule has 2 unspecified atom stereocenters. The zero-order valence-corrected chi connectivity index (χ0v) is 11.3. The first-order valence-electron chi connectivity index (χ1n) is 5.88. The summed E-state index contributed by atoms with van der Waals surface area (Å²) in [5, 5.41) is 2.78. The quantitative estimate of drug-likeness (QED) is 0.834. The average molecular weight is 259 g/mol. The molecule has 0 aromatic rings. The van der Waals surface area contributed by atoms with Crippen molar-refractivity contribution in [2.45, 2.75) is 45.2 Å². The molecule has 0 aliphatic carbocycles. The summed E-state index contributed by atoms with van der Waals surface area (Å²) in [7, 11) is 0. The van der Waals surface area contributed by atoms with E-state index in [1.807, 2.05) is 13.8 Å². The van der Waals surface area contributed by atoms with Crippen molar-refractivity contribution in [1.29, 1.82) is 0 Å². The Balaban J connectivity index is 3.04. The molecule has 2 amide bonds. The maximum atomic E-state index is 12.2. The standard InChI is InChI=1S/C12H19ClN2O2/c1-4-9-10(16)15(8-6-7-13)12(3,5-2)11(17)14-9/h6-7,9H,4-5,8H2,1-3H3,(H,14,17)/b7-6+. The summed E-state index contributed by atoms with van der Waals surface area (Å²) in [6, 6.07) is -0.411. The number of hydrogen-bond donors (Lipinski definition) is 1. The third kappa shape index (κ3) is 2.46. The third-order valence-corrected chi connectivity index (χ3v) is 3.61. The van der Waals surface area contributed by atoms with Gasteiger partial charge in [0.25, 0.3) is 0 Å². The lowest BCUT2D eigenvalue weighted by atomic mass is 9.90.